The van der Waals surface area contributed by atoms with Crippen LogP contribution in [0.2, 0.25) is 0 Å². The molecule has 0 amide bonds. The van der Waals surface area contributed by atoms with Crippen LogP contribution in [0.5, 0.6) is 5.88 Å². The molecule has 0 atom stereocenters. The number of halogens is 1. The largest absolute Gasteiger partial charge is 0.480 e. The summed E-state index contributed by atoms with van der Waals surface area (Å²) >= 11 is 3.35. The van der Waals surface area contributed by atoms with Crippen molar-refractivity contribution in [2.75, 3.05) is 19.5 Å². The molecule has 2 rings (SSSR count). The van der Waals surface area contributed by atoms with Crippen LogP contribution in [0.3, 0.4) is 0 Å². The zero-order valence-electron chi connectivity index (χ0n) is 10.7. The van der Waals surface area contributed by atoms with Crippen molar-refractivity contribution in [3.05, 3.63) is 10.7 Å². The maximum absolute atomic E-state index is 5.16. The summed E-state index contributed by atoms with van der Waals surface area (Å²) in [5.41, 5.74) is 0. The molecule has 0 spiro atoms. The molecule has 0 unspecified atom stereocenters. The predicted octanol–water partition coefficient (Wildman–Crippen LogP) is 2.19. The van der Waals surface area contributed by atoms with E-state index in [-0.39, 0.29) is 0 Å². The molecule has 1 aliphatic carbocycles. The molecule has 1 aromatic rings. The number of rotatable bonds is 4. The van der Waals surface area contributed by atoms with E-state index < -0.39 is 0 Å². The van der Waals surface area contributed by atoms with Crippen LogP contribution in [0, 0.1) is 0 Å². The minimum absolute atomic E-state index is 0.459. The van der Waals surface area contributed by atoms with Crippen molar-refractivity contribution < 1.29 is 4.74 Å². The molecular formula is C12H19BrN4O. The first-order valence-corrected chi connectivity index (χ1v) is 7.02. The van der Waals surface area contributed by atoms with Gasteiger partial charge in [-0.05, 0) is 48.7 Å². The van der Waals surface area contributed by atoms with Gasteiger partial charge in [0.15, 0.2) is 0 Å². The second kappa shape index (κ2) is 6.33. The van der Waals surface area contributed by atoms with Gasteiger partial charge < -0.3 is 15.4 Å². The molecule has 2 N–H and O–H groups in total. The normalized spacial score (nSPS) is 23.7. The Morgan fingerprint density at radius 2 is 1.94 bits per heavy atom. The van der Waals surface area contributed by atoms with Crippen LogP contribution < -0.4 is 15.4 Å². The molecule has 6 heteroatoms. The highest BCUT2D eigenvalue weighted by Gasteiger charge is 2.20. The van der Waals surface area contributed by atoms with Gasteiger partial charge in [-0.2, -0.15) is 4.98 Å². The fraction of sp³-hybridized carbons (Fsp3) is 0.667. The number of hydrogen-bond acceptors (Lipinski definition) is 5. The number of hydrogen-bond donors (Lipinski definition) is 2. The Balaban J connectivity index is 1.94. The lowest BCUT2D eigenvalue weighted by Crippen LogP contribution is -2.35. The fourth-order valence-corrected chi connectivity index (χ4v) is 2.63. The first-order chi connectivity index (χ1) is 8.72. The first kappa shape index (κ1) is 13.5. The first-order valence-electron chi connectivity index (χ1n) is 6.23. The molecule has 1 aliphatic rings. The van der Waals surface area contributed by atoms with Crippen LogP contribution in [0.15, 0.2) is 10.7 Å². The Morgan fingerprint density at radius 3 is 2.56 bits per heavy atom. The van der Waals surface area contributed by atoms with Gasteiger partial charge in [-0.1, -0.05) is 0 Å². The van der Waals surface area contributed by atoms with E-state index in [4.69, 9.17) is 4.74 Å². The van der Waals surface area contributed by atoms with Gasteiger partial charge in [0.05, 0.1) is 17.8 Å². The van der Waals surface area contributed by atoms with Crippen molar-refractivity contribution in [2.24, 2.45) is 0 Å². The van der Waals surface area contributed by atoms with Crippen LogP contribution in [0.25, 0.3) is 0 Å². The quantitative estimate of drug-likeness (QED) is 0.892. The maximum Gasteiger partial charge on any atom is 0.232 e. The lowest BCUT2D eigenvalue weighted by molar-refractivity contribution is 0.369. The molecule has 1 heterocycles. The van der Waals surface area contributed by atoms with E-state index in [1.165, 1.54) is 12.8 Å². The van der Waals surface area contributed by atoms with E-state index in [9.17, 15) is 0 Å². The molecule has 100 valence electrons. The highest BCUT2D eigenvalue weighted by molar-refractivity contribution is 9.10. The standard InChI is InChI=1S/C12H19BrN4O/c1-14-8-3-5-9(6-4-8)16-12-15-7-10(13)11(17-12)18-2/h7-9,14H,3-6H2,1-2H3,(H,15,16,17). The van der Waals surface area contributed by atoms with Gasteiger partial charge in [0.1, 0.15) is 0 Å². The van der Waals surface area contributed by atoms with Crippen molar-refractivity contribution in [1.82, 2.24) is 15.3 Å². The highest BCUT2D eigenvalue weighted by atomic mass is 79.9. The van der Waals surface area contributed by atoms with Crippen molar-refractivity contribution in [3.63, 3.8) is 0 Å². The van der Waals surface area contributed by atoms with E-state index in [2.05, 4.69) is 36.5 Å². The molecule has 0 radical (unpaired) electrons. The summed E-state index contributed by atoms with van der Waals surface area (Å²) in [6.45, 7) is 0. The summed E-state index contributed by atoms with van der Waals surface area (Å²) < 4.78 is 5.93. The second-order valence-corrected chi connectivity index (χ2v) is 5.39. The third-order valence-corrected chi connectivity index (χ3v) is 3.92. The highest BCUT2D eigenvalue weighted by Crippen LogP contribution is 2.24. The zero-order valence-corrected chi connectivity index (χ0v) is 12.3. The Morgan fingerprint density at radius 1 is 1.28 bits per heavy atom. The molecule has 0 bridgehead atoms. The van der Waals surface area contributed by atoms with Crippen LogP contribution in [-0.4, -0.2) is 36.2 Å². The van der Waals surface area contributed by atoms with E-state index in [0.717, 1.165) is 17.3 Å². The van der Waals surface area contributed by atoms with Crippen molar-refractivity contribution in [3.8, 4) is 5.88 Å². The van der Waals surface area contributed by atoms with Gasteiger partial charge in [0.2, 0.25) is 11.8 Å². The average molecular weight is 315 g/mol. The molecule has 18 heavy (non-hydrogen) atoms. The van der Waals surface area contributed by atoms with Gasteiger partial charge in [0.25, 0.3) is 0 Å². The van der Waals surface area contributed by atoms with E-state index in [1.54, 1.807) is 13.3 Å². The second-order valence-electron chi connectivity index (χ2n) is 4.53. The summed E-state index contributed by atoms with van der Waals surface area (Å²) in [6, 6.07) is 1.11. The van der Waals surface area contributed by atoms with Crippen LogP contribution >= 0.6 is 15.9 Å². The molecule has 0 saturated heterocycles. The van der Waals surface area contributed by atoms with Gasteiger partial charge >= 0.3 is 0 Å². The summed E-state index contributed by atoms with van der Waals surface area (Å²) in [4.78, 5) is 8.57. The van der Waals surface area contributed by atoms with Gasteiger partial charge in [-0.3, -0.25) is 0 Å². The number of nitrogens with zero attached hydrogens (tertiary/aromatic N) is 2. The average Bonchev–Trinajstić information content (AvgIpc) is 2.42. The van der Waals surface area contributed by atoms with E-state index >= 15 is 0 Å². The fourth-order valence-electron chi connectivity index (χ4n) is 2.27. The maximum atomic E-state index is 5.16. The molecule has 5 nitrogen and oxygen atoms in total. The number of aromatic nitrogens is 2. The van der Waals surface area contributed by atoms with Crippen LogP contribution in [0.4, 0.5) is 5.95 Å². The molecule has 0 aliphatic heterocycles. The molecule has 1 fully saturated rings. The van der Waals surface area contributed by atoms with Crippen LogP contribution in [0.1, 0.15) is 25.7 Å². The molecule has 0 aromatic carbocycles. The number of methoxy groups -OCH3 is 1. The minimum Gasteiger partial charge on any atom is -0.480 e. The van der Waals surface area contributed by atoms with Gasteiger partial charge in [-0.25, -0.2) is 4.98 Å². The molecular weight excluding hydrogens is 296 g/mol. The number of anilines is 1. The molecule has 1 saturated carbocycles. The third kappa shape index (κ3) is 3.32. The van der Waals surface area contributed by atoms with E-state index in [0.29, 0.717) is 23.9 Å². The van der Waals surface area contributed by atoms with Crippen LogP contribution in [-0.2, 0) is 0 Å². The monoisotopic (exact) mass is 314 g/mol. The summed E-state index contributed by atoms with van der Waals surface area (Å²) in [5.74, 6) is 1.21. The molecule has 1 aromatic heterocycles. The Labute approximate surface area is 116 Å². The lowest BCUT2D eigenvalue weighted by Gasteiger charge is -2.28. The zero-order chi connectivity index (χ0) is 13.0. The Kier molecular flexibility index (Phi) is 4.77. The Hall–Kier alpha value is -0.880. The number of ether oxygens (including phenoxy) is 1. The SMILES string of the molecule is CNC1CCC(Nc2ncc(Br)c(OC)n2)CC1. The lowest BCUT2D eigenvalue weighted by atomic mass is 9.91. The van der Waals surface area contributed by atoms with E-state index in [1.807, 2.05) is 7.05 Å². The topological polar surface area (TPSA) is 59.1 Å². The Bertz CT molecular complexity index is 394. The van der Waals surface area contributed by atoms with Gasteiger partial charge in [-0.15, -0.1) is 0 Å². The van der Waals surface area contributed by atoms with Gasteiger partial charge in [0, 0.05) is 12.1 Å². The smallest absolute Gasteiger partial charge is 0.232 e. The van der Waals surface area contributed by atoms with Crippen molar-refractivity contribution >= 4 is 21.9 Å². The number of nitrogens with one attached hydrogen (secondary N) is 2. The van der Waals surface area contributed by atoms with Crippen molar-refractivity contribution in [2.45, 2.75) is 37.8 Å². The minimum atomic E-state index is 0.459. The predicted molar refractivity (Wildman–Crippen MR) is 75.0 cm³/mol. The third-order valence-electron chi connectivity index (χ3n) is 3.37. The summed E-state index contributed by atoms with van der Waals surface area (Å²) in [6.07, 6.45) is 6.40. The van der Waals surface area contributed by atoms with Crippen molar-refractivity contribution in [1.29, 1.82) is 0 Å². The summed E-state index contributed by atoms with van der Waals surface area (Å²) in [7, 11) is 3.64. The summed E-state index contributed by atoms with van der Waals surface area (Å²) in [5, 5.41) is 6.71.